The van der Waals surface area contributed by atoms with Crippen LogP contribution in [0.4, 0.5) is 8.78 Å². The Hall–Kier alpha value is -4.80. The molecule has 2 saturated heterocycles. The molecule has 2 aliphatic heterocycles. The van der Waals surface area contributed by atoms with Crippen LogP contribution in [0.3, 0.4) is 0 Å². The number of aromatic nitrogens is 2. The smallest absolute Gasteiger partial charge is 0.387 e. The maximum atomic E-state index is 13.7. The molecule has 5 aromatic rings. The molecule has 3 aromatic carbocycles. The molecular weight excluding hydrogens is 739 g/mol. The van der Waals surface area contributed by atoms with Gasteiger partial charge in [0.1, 0.15) is 28.9 Å². The van der Waals surface area contributed by atoms with Crippen LogP contribution in [0.25, 0.3) is 27.8 Å². The fraction of sp³-hybridized carbons (Fsp3) is 0.350. The van der Waals surface area contributed by atoms with Crippen molar-refractivity contribution < 1.29 is 32.3 Å². The van der Waals surface area contributed by atoms with Crippen molar-refractivity contribution in [3.05, 3.63) is 106 Å². The van der Waals surface area contributed by atoms with E-state index in [1.165, 1.54) is 6.07 Å². The van der Waals surface area contributed by atoms with Crippen molar-refractivity contribution >= 4 is 56.9 Å². The van der Waals surface area contributed by atoms with Gasteiger partial charge in [0.15, 0.2) is 16.6 Å². The van der Waals surface area contributed by atoms with E-state index < -0.39 is 29.4 Å². The summed E-state index contributed by atoms with van der Waals surface area (Å²) in [6.07, 6.45) is 7.59. The quantitative estimate of drug-likeness (QED) is 0.138. The van der Waals surface area contributed by atoms with Gasteiger partial charge in [0, 0.05) is 36.3 Å². The Kier molecular flexibility index (Phi) is 9.69. The summed E-state index contributed by atoms with van der Waals surface area (Å²) in [6.45, 7) is 2.18. The van der Waals surface area contributed by atoms with E-state index in [0.717, 1.165) is 25.1 Å². The van der Waals surface area contributed by atoms with Crippen LogP contribution in [0.5, 0.6) is 5.75 Å². The normalized spacial score (nSPS) is 23.4. The Bertz CT molecular complexity index is 2370. The van der Waals surface area contributed by atoms with Crippen LogP contribution in [0.1, 0.15) is 60.2 Å². The van der Waals surface area contributed by atoms with Gasteiger partial charge < -0.3 is 18.7 Å². The molecule has 14 heteroatoms. The van der Waals surface area contributed by atoms with Crippen LogP contribution in [0.15, 0.2) is 75.6 Å². The number of alkyl halides is 3. The highest BCUT2D eigenvalue weighted by atomic mass is 35.5. The van der Waals surface area contributed by atoms with Gasteiger partial charge in [-0.05, 0) is 79.2 Å². The Labute approximate surface area is 319 Å². The fourth-order valence-electron chi connectivity index (χ4n) is 7.98. The van der Waals surface area contributed by atoms with Crippen molar-refractivity contribution in [2.45, 2.75) is 62.7 Å². The van der Waals surface area contributed by atoms with Gasteiger partial charge in [-0.25, -0.2) is 9.97 Å². The molecule has 0 spiro atoms. The van der Waals surface area contributed by atoms with E-state index in [4.69, 9.17) is 46.7 Å². The van der Waals surface area contributed by atoms with E-state index in [1.54, 1.807) is 29.2 Å². The first-order valence-electron chi connectivity index (χ1n) is 17.7. The molecule has 2 unspecified atom stereocenters. The molecule has 0 saturated carbocycles. The maximum absolute atomic E-state index is 13.7. The van der Waals surface area contributed by atoms with Gasteiger partial charge in [0.2, 0.25) is 11.8 Å². The first-order chi connectivity index (χ1) is 26.0. The monoisotopic (exact) mass is 773 g/mol. The van der Waals surface area contributed by atoms with Crippen molar-refractivity contribution in [3.63, 3.8) is 0 Å². The Morgan fingerprint density at radius 1 is 1.11 bits per heavy atom. The van der Waals surface area contributed by atoms with Crippen LogP contribution in [-0.4, -0.2) is 68.5 Å². The summed E-state index contributed by atoms with van der Waals surface area (Å²) in [7, 11) is 0. The van der Waals surface area contributed by atoms with Crippen molar-refractivity contribution in [1.29, 1.82) is 5.26 Å². The number of halogens is 4. The molecule has 2 aromatic heterocycles. The number of nitriles is 1. The molecule has 4 heterocycles. The molecular formula is C40H35Cl2F2N5O5. The summed E-state index contributed by atoms with van der Waals surface area (Å²) in [5.74, 6) is -0.400. The van der Waals surface area contributed by atoms with Gasteiger partial charge >= 0.3 is 12.6 Å². The number of carboxylic acids is 1. The number of oxazole rings is 2. The Balaban J connectivity index is 1.28. The van der Waals surface area contributed by atoms with Crippen LogP contribution in [0, 0.1) is 17.2 Å². The van der Waals surface area contributed by atoms with Gasteiger partial charge in [-0.3, -0.25) is 14.6 Å². The first kappa shape index (κ1) is 36.2. The largest absolute Gasteiger partial charge is 0.480 e. The summed E-state index contributed by atoms with van der Waals surface area (Å²) in [5, 5.41) is 19.5. The average molecular weight is 775 g/mol. The number of nitrogens with zero attached hydrogens (tertiary/aromatic N) is 5. The number of carboxylic acid groups (broad SMARTS) is 1. The number of allylic oxidation sites excluding steroid dienone is 4. The number of carbonyl (C=O) groups is 1. The second-order valence-corrected chi connectivity index (χ2v) is 15.1. The van der Waals surface area contributed by atoms with Gasteiger partial charge in [-0.15, -0.1) is 11.6 Å². The van der Waals surface area contributed by atoms with E-state index in [0.29, 0.717) is 70.2 Å². The molecule has 1 N–H and O–H groups in total. The number of hydrogen-bond acceptors (Lipinski definition) is 9. The van der Waals surface area contributed by atoms with E-state index in [9.17, 15) is 23.9 Å². The minimum absolute atomic E-state index is 0.0421. The summed E-state index contributed by atoms with van der Waals surface area (Å²) in [6, 6.07) is 15.4. The minimum Gasteiger partial charge on any atom is -0.480 e. The number of likely N-dealkylation sites (tertiary alicyclic amines) is 2. The molecule has 1 aliphatic carbocycles. The Morgan fingerprint density at radius 2 is 1.91 bits per heavy atom. The molecule has 278 valence electrons. The first-order valence-corrected chi connectivity index (χ1v) is 18.6. The zero-order valence-electron chi connectivity index (χ0n) is 29.1. The van der Waals surface area contributed by atoms with Crippen LogP contribution in [0.2, 0.25) is 5.02 Å². The third kappa shape index (κ3) is 6.53. The highest BCUT2D eigenvalue weighted by molar-refractivity contribution is 6.34. The van der Waals surface area contributed by atoms with Crippen molar-refractivity contribution in [1.82, 2.24) is 19.8 Å². The van der Waals surface area contributed by atoms with Crippen molar-refractivity contribution in [2.24, 2.45) is 5.92 Å². The minimum atomic E-state index is -3.14. The summed E-state index contributed by atoms with van der Waals surface area (Å²) in [4.78, 5) is 25.8. The third-order valence-electron chi connectivity index (χ3n) is 10.6. The molecule has 0 radical (unpaired) electrons. The van der Waals surface area contributed by atoms with Crippen LogP contribution < -0.4 is 4.74 Å². The van der Waals surface area contributed by atoms with Crippen molar-refractivity contribution in [2.75, 3.05) is 19.6 Å². The van der Waals surface area contributed by atoms with Crippen molar-refractivity contribution in [3.8, 4) is 11.8 Å². The second kappa shape index (κ2) is 14.5. The highest BCUT2D eigenvalue weighted by Crippen LogP contribution is 2.49. The van der Waals surface area contributed by atoms with E-state index >= 15 is 0 Å². The number of fused-ring (bicyclic) bond motifs is 2. The zero-order valence-corrected chi connectivity index (χ0v) is 30.7. The number of ether oxygens (including phenoxy) is 1. The topological polar surface area (TPSA) is 129 Å². The number of hydrogen-bond donors (Lipinski definition) is 1. The number of benzene rings is 3. The molecule has 10 nitrogen and oxygen atoms in total. The molecule has 0 amide bonds. The lowest BCUT2D eigenvalue weighted by Gasteiger charge is -2.33. The standard InChI is InChI=1S/C40H35Cl2F2N5O5/c1-22-10-13-48(19-22)20-23-14-24(18-45)34-30(15-23)47-38(54-34)40(11-4-7-27(35(40)42)26-6-2-3-8-28(26)41)37-46-29-16-25(21-49-12-5-9-31(49)36(50)51)32(53-39(43)44)17-33(29)52-37/h2-4,6-8,11,14-17,22,31,35,39H,5,9-10,12-13,19-21H2,1H3,(H,50,51)/t22-,31-,35?,40?/m0/s1. The van der Waals surface area contributed by atoms with Gasteiger partial charge in [0.25, 0.3) is 0 Å². The lowest BCUT2D eigenvalue weighted by Crippen LogP contribution is -2.38. The van der Waals surface area contributed by atoms with E-state index in [2.05, 4.69) is 17.9 Å². The summed E-state index contributed by atoms with van der Waals surface area (Å²) < 4.78 is 45.3. The maximum Gasteiger partial charge on any atom is 0.387 e. The Morgan fingerprint density at radius 3 is 2.65 bits per heavy atom. The summed E-state index contributed by atoms with van der Waals surface area (Å²) >= 11 is 14.2. The van der Waals surface area contributed by atoms with Gasteiger partial charge in [-0.2, -0.15) is 14.0 Å². The zero-order chi connectivity index (χ0) is 37.7. The van der Waals surface area contributed by atoms with E-state index in [1.807, 2.05) is 36.4 Å². The average Bonchev–Trinajstić information content (AvgIpc) is 3.95. The lowest BCUT2D eigenvalue weighted by atomic mass is 9.75. The second-order valence-electron chi connectivity index (χ2n) is 14.2. The van der Waals surface area contributed by atoms with Gasteiger partial charge in [-0.1, -0.05) is 55.0 Å². The third-order valence-corrected chi connectivity index (χ3v) is 11.5. The summed E-state index contributed by atoms with van der Waals surface area (Å²) in [5.41, 5.74) is 2.48. The molecule has 4 atom stereocenters. The molecule has 3 aliphatic rings. The SMILES string of the molecule is C[C@H]1CCN(Cc2cc(C#N)c3oc(C4(c5nc6cc(CN7CCC[C@H]7C(=O)O)c(OC(F)F)cc6o5)C=CC=C(c5ccccc5Cl)C4Cl)nc3c2)C1. The van der Waals surface area contributed by atoms with Gasteiger partial charge in [0.05, 0.1) is 10.9 Å². The van der Waals surface area contributed by atoms with Crippen LogP contribution in [-0.2, 0) is 23.3 Å². The lowest BCUT2D eigenvalue weighted by molar-refractivity contribution is -0.142. The molecule has 54 heavy (non-hydrogen) atoms. The van der Waals surface area contributed by atoms with Crippen LogP contribution >= 0.6 is 23.2 Å². The molecule has 0 bridgehead atoms. The highest BCUT2D eigenvalue weighted by Gasteiger charge is 2.51. The molecule has 2 fully saturated rings. The fourth-order valence-corrected chi connectivity index (χ4v) is 8.67. The number of rotatable bonds is 10. The van der Waals surface area contributed by atoms with E-state index in [-0.39, 0.29) is 35.2 Å². The molecule has 8 rings (SSSR count). The predicted octanol–water partition coefficient (Wildman–Crippen LogP) is 8.53. The predicted molar refractivity (Wildman–Crippen MR) is 198 cm³/mol. The number of aliphatic carboxylic acids is 1.